The van der Waals surface area contributed by atoms with Gasteiger partial charge in [0.15, 0.2) is 17.0 Å². The molecule has 21 heavy (non-hydrogen) atoms. The van der Waals surface area contributed by atoms with Gasteiger partial charge in [-0.2, -0.15) is 5.10 Å². The Morgan fingerprint density at radius 3 is 2.81 bits per heavy atom. The van der Waals surface area contributed by atoms with Crippen molar-refractivity contribution < 1.29 is 19.4 Å². The minimum atomic E-state index is -1.19. The summed E-state index contributed by atoms with van der Waals surface area (Å²) in [6.07, 6.45) is 0. The lowest BCUT2D eigenvalue weighted by Gasteiger charge is -2.05. The average Bonchev–Trinajstić information content (AvgIpc) is 3.13. The summed E-state index contributed by atoms with van der Waals surface area (Å²) < 4.78 is 5.89. The van der Waals surface area contributed by atoms with Crippen LogP contribution in [0.3, 0.4) is 0 Å². The molecule has 0 atom stereocenters. The molecule has 0 aliphatic rings. The van der Waals surface area contributed by atoms with Crippen LogP contribution < -0.4 is 0 Å². The fourth-order valence-electron chi connectivity index (χ4n) is 1.88. The summed E-state index contributed by atoms with van der Waals surface area (Å²) >= 11 is 1.47. The minimum Gasteiger partial charge on any atom is -0.476 e. The van der Waals surface area contributed by atoms with Crippen LogP contribution in [0.25, 0.3) is 16.2 Å². The number of esters is 1. The van der Waals surface area contributed by atoms with E-state index in [0.717, 1.165) is 4.88 Å². The zero-order valence-electron chi connectivity index (χ0n) is 10.8. The molecule has 0 aliphatic heterocycles. The molecule has 0 spiro atoms. The maximum atomic E-state index is 11.9. The molecule has 0 saturated heterocycles. The van der Waals surface area contributed by atoms with Crippen molar-refractivity contribution >= 4 is 28.9 Å². The van der Waals surface area contributed by atoms with Gasteiger partial charge in [-0.15, -0.1) is 11.3 Å². The van der Waals surface area contributed by atoms with Gasteiger partial charge in [0.25, 0.3) is 0 Å². The van der Waals surface area contributed by atoms with Crippen molar-refractivity contribution in [3.05, 3.63) is 41.0 Å². The van der Waals surface area contributed by atoms with E-state index in [-0.39, 0.29) is 17.0 Å². The van der Waals surface area contributed by atoms with Crippen molar-refractivity contribution in [2.45, 2.75) is 0 Å². The Morgan fingerprint density at radius 2 is 2.19 bits per heavy atom. The Labute approximate surface area is 122 Å². The van der Waals surface area contributed by atoms with Crippen LogP contribution in [-0.2, 0) is 4.74 Å². The largest absolute Gasteiger partial charge is 0.476 e. The normalized spacial score (nSPS) is 10.7. The number of carbonyl (C=O) groups excluding carboxylic acids is 1. The van der Waals surface area contributed by atoms with Crippen LogP contribution >= 0.6 is 11.3 Å². The molecule has 0 bridgehead atoms. The van der Waals surface area contributed by atoms with Crippen molar-refractivity contribution in [3.63, 3.8) is 0 Å². The number of thiophene rings is 1. The zero-order valence-corrected chi connectivity index (χ0v) is 11.6. The number of hydrogen-bond donors (Lipinski definition) is 1. The number of fused-ring (bicyclic) bond motifs is 1. The average molecular weight is 303 g/mol. The third kappa shape index (κ3) is 2.25. The molecule has 3 heterocycles. The molecular weight excluding hydrogens is 294 g/mol. The van der Waals surface area contributed by atoms with Crippen LogP contribution in [0.5, 0.6) is 0 Å². The Balaban J connectivity index is 2.29. The first-order chi connectivity index (χ1) is 10.1. The van der Waals surface area contributed by atoms with Crippen LogP contribution in [0.15, 0.2) is 29.6 Å². The highest BCUT2D eigenvalue weighted by Crippen LogP contribution is 2.25. The van der Waals surface area contributed by atoms with E-state index in [0.29, 0.717) is 5.69 Å². The van der Waals surface area contributed by atoms with Crippen LogP contribution in [0.2, 0.25) is 0 Å². The first kappa shape index (κ1) is 13.3. The highest BCUT2D eigenvalue weighted by atomic mass is 32.1. The van der Waals surface area contributed by atoms with Gasteiger partial charge in [-0.25, -0.2) is 19.1 Å². The van der Waals surface area contributed by atoms with Crippen molar-refractivity contribution in [1.29, 1.82) is 0 Å². The number of carboxylic acid groups (broad SMARTS) is 1. The highest BCUT2D eigenvalue weighted by Gasteiger charge is 2.19. The quantitative estimate of drug-likeness (QED) is 0.743. The molecule has 1 N–H and O–H groups in total. The molecule has 0 aliphatic carbocycles. The molecule has 3 aromatic heterocycles. The van der Waals surface area contributed by atoms with E-state index in [9.17, 15) is 9.59 Å². The Morgan fingerprint density at radius 1 is 1.38 bits per heavy atom. The van der Waals surface area contributed by atoms with Gasteiger partial charge in [0.1, 0.15) is 0 Å². The minimum absolute atomic E-state index is 0.124. The SMILES string of the molecule is COC(=O)c1cc(-c2cccs2)nc2cc(C(=O)O)nn12. The van der Waals surface area contributed by atoms with Gasteiger partial charge in [0.05, 0.1) is 17.7 Å². The Bertz CT molecular complexity index is 839. The summed E-state index contributed by atoms with van der Waals surface area (Å²) in [5.41, 5.74) is 0.780. The number of nitrogens with zero attached hydrogens (tertiary/aromatic N) is 3. The zero-order chi connectivity index (χ0) is 15.0. The monoisotopic (exact) mass is 303 g/mol. The second-order valence-electron chi connectivity index (χ2n) is 4.10. The van der Waals surface area contributed by atoms with Crippen LogP contribution in [-0.4, -0.2) is 38.8 Å². The molecule has 0 saturated carbocycles. The molecule has 0 radical (unpaired) electrons. The number of hydrogen-bond acceptors (Lipinski definition) is 6. The predicted octanol–water partition coefficient (Wildman–Crippen LogP) is 1.94. The van der Waals surface area contributed by atoms with Crippen molar-refractivity contribution in [2.75, 3.05) is 7.11 Å². The third-order valence-electron chi connectivity index (χ3n) is 2.81. The van der Waals surface area contributed by atoms with Crippen molar-refractivity contribution in [2.24, 2.45) is 0 Å². The molecule has 0 amide bonds. The first-order valence-corrected chi connectivity index (χ1v) is 6.74. The van der Waals surface area contributed by atoms with E-state index >= 15 is 0 Å². The summed E-state index contributed by atoms with van der Waals surface area (Å²) in [5, 5.41) is 14.8. The van der Waals surface area contributed by atoms with Crippen LogP contribution in [0.1, 0.15) is 21.0 Å². The van der Waals surface area contributed by atoms with E-state index in [1.54, 1.807) is 0 Å². The number of ether oxygens (including phenoxy) is 1. The lowest BCUT2D eigenvalue weighted by atomic mass is 10.2. The Kier molecular flexibility index (Phi) is 3.15. The predicted molar refractivity (Wildman–Crippen MR) is 74.6 cm³/mol. The number of rotatable bonds is 3. The maximum Gasteiger partial charge on any atom is 0.356 e. The topological polar surface area (TPSA) is 93.8 Å². The molecule has 3 rings (SSSR count). The molecule has 0 fully saturated rings. The van der Waals surface area contributed by atoms with Gasteiger partial charge in [0.2, 0.25) is 0 Å². The van der Waals surface area contributed by atoms with E-state index in [4.69, 9.17) is 9.84 Å². The lowest BCUT2D eigenvalue weighted by molar-refractivity contribution is 0.0588. The van der Waals surface area contributed by atoms with Crippen LogP contribution in [0, 0.1) is 0 Å². The number of carboxylic acids is 1. The Hall–Kier alpha value is -2.74. The molecule has 0 unspecified atom stereocenters. The van der Waals surface area contributed by atoms with E-state index in [2.05, 4.69) is 10.1 Å². The van der Waals surface area contributed by atoms with Gasteiger partial charge < -0.3 is 9.84 Å². The summed E-state index contributed by atoms with van der Waals surface area (Å²) in [6, 6.07) is 6.57. The summed E-state index contributed by atoms with van der Waals surface area (Å²) in [6.45, 7) is 0. The fourth-order valence-corrected chi connectivity index (χ4v) is 2.57. The smallest absolute Gasteiger partial charge is 0.356 e. The highest BCUT2D eigenvalue weighted by molar-refractivity contribution is 7.13. The van der Waals surface area contributed by atoms with E-state index in [1.165, 1.54) is 35.1 Å². The third-order valence-corrected chi connectivity index (χ3v) is 3.71. The molecule has 8 heteroatoms. The van der Waals surface area contributed by atoms with E-state index < -0.39 is 11.9 Å². The lowest BCUT2D eigenvalue weighted by Crippen LogP contribution is -2.11. The van der Waals surface area contributed by atoms with Gasteiger partial charge in [-0.3, -0.25) is 0 Å². The van der Waals surface area contributed by atoms with E-state index in [1.807, 2.05) is 17.5 Å². The molecule has 0 aromatic carbocycles. The number of methoxy groups -OCH3 is 1. The molecule has 3 aromatic rings. The molecule has 7 nitrogen and oxygen atoms in total. The molecular formula is C13H9N3O4S. The van der Waals surface area contributed by atoms with Crippen molar-refractivity contribution in [3.8, 4) is 10.6 Å². The van der Waals surface area contributed by atoms with Gasteiger partial charge in [-0.05, 0) is 17.5 Å². The van der Waals surface area contributed by atoms with Gasteiger partial charge in [0, 0.05) is 6.07 Å². The van der Waals surface area contributed by atoms with Crippen molar-refractivity contribution in [1.82, 2.24) is 14.6 Å². The number of aromatic carboxylic acids is 1. The second kappa shape index (κ2) is 4.98. The standard InChI is InChI=1S/C13H9N3O4S/c1-20-13(19)9-5-7(10-3-2-4-21-10)14-11-6-8(12(17)18)15-16(9)11/h2-6H,1H3,(H,17,18). The summed E-state index contributed by atoms with van der Waals surface area (Å²) in [4.78, 5) is 28.1. The molecule has 106 valence electrons. The van der Waals surface area contributed by atoms with Crippen LogP contribution in [0.4, 0.5) is 0 Å². The van der Waals surface area contributed by atoms with Gasteiger partial charge >= 0.3 is 11.9 Å². The second-order valence-corrected chi connectivity index (χ2v) is 5.05. The summed E-state index contributed by atoms with van der Waals surface area (Å²) in [7, 11) is 1.25. The number of carbonyl (C=O) groups is 2. The number of aromatic nitrogens is 3. The first-order valence-electron chi connectivity index (χ1n) is 5.86. The van der Waals surface area contributed by atoms with Gasteiger partial charge in [-0.1, -0.05) is 6.07 Å². The fraction of sp³-hybridized carbons (Fsp3) is 0.0769. The summed E-state index contributed by atoms with van der Waals surface area (Å²) in [5.74, 6) is -1.80. The maximum absolute atomic E-state index is 11.9.